The second-order valence-corrected chi connectivity index (χ2v) is 17.2. The second kappa shape index (κ2) is 11.0. The number of piperidine rings is 2. The molecular weight excluding hydrogens is 520 g/mol. The zero-order valence-electron chi connectivity index (χ0n) is 28.6. The van der Waals surface area contributed by atoms with Gasteiger partial charge in [-0.3, -0.25) is 0 Å². The van der Waals surface area contributed by atoms with E-state index in [-0.39, 0.29) is 22.2 Å². The maximum absolute atomic E-state index is 12.9. The molecule has 6 heteroatoms. The van der Waals surface area contributed by atoms with E-state index >= 15 is 0 Å². The fraction of sp³-hybridized carbons (Fsp3) is 0.667. The normalized spacial score (nSPS) is 23.7. The zero-order valence-corrected chi connectivity index (χ0v) is 28.6. The van der Waals surface area contributed by atoms with Gasteiger partial charge in [0, 0.05) is 59.0 Å². The van der Waals surface area contributed by atoms with Crippen molar-refractivity contribution < 1.29 is 19.4 Å². The van der Waals surface area contributed by atoms with Crippen molar-refractivity contribution in [1.29, 1.82) is 0 Å². The maximum Gasteiger partial charge on any atom is 0.104 e. The van der Waals surface area contributed by atoms with E-state index in [9.17, 15) is 10.4 Å². The Bertz CT molecular complexity index is 1090. The van der Waals surface area contributed by atoms with Crippen molar-refractivity contribution in [1.82, 2.24) is 10.1 Å². The summed E-state index contributed by atoms with van der Waals surface area (Å²) in [6.07, 6.45) is 3.61. The summed E-state index contributed by atoms with van der Waals surface area (Å²) in [5.74, 6) is 0. The molecule has 2 heterocycles. The van der Waals surface area contributed by atoms with Gasteiger partial charge in [-0.25, -0.2) is 0 Å². The van der Waals surface area contributed by atoms with Gasteiger partial charge in [-0.05, 0) is 66.5 Å². The SMILES string of the molecule is CC1(C)CC([N+](C)(C)Cc2ccc(-c3ccc(C[N+](C)(C)C4CC(C)(C)N([O])C(C)(C)C4)cc3)cc2)CC(C)(C)N1[O]. The molecule has 4 rings (SSSR count). The summed E-state index contributed by atoms with van der Waals surface area (Å²) in [5.41, 5.74) is 3.71. The Morgan fingerprint density at radius 1 is 0.524 bits per heavy atom. The predicted molar refractivity (Wildman–Crippen MR) is 171 cm³/mol. The summed E-state index contributed by atoms with van der Waals surface area (Å²) < 4.78 is 1.76. The van der Waals surface area contributed by atoms with Crippen LogP contribution in [0.5, 0.6) is 0 Å². The Labute approximate surface area is 256 Å². The van der Waals surface area contributed by atoms with Crippen LogP contribution < -0.4 is 0 Å². The third-order valence-electron chi connectivity index (χ3n) is 10.5. The lowest BCUT2D eigenvalue weighted by atomic mass is 9.77. The molecule has 2 aromatic carbocycles. The van der Waals surface area contributed by atoms with Crippen molar-refractivity contribution in [3.8, 4) is 11.1 Å². The lowest BCUT2D eigenvalue weighted by Gasteiger charge is -2.53. The fourth-order valence-corrected chi connectivity index (χ4v) is 8.21. The Balaban J connectivity index is 1.42. The predicted octanol–water partition coefficient (Wildman–Crippen LogP) is 7.24. The number of nitrogens with zero attached hydrogens (tertiary/aromatic N) is 4. The fourth-order valence-electron chi connectivity index (χ4n) is 8.21. The van der Waals surface area contributed by atoms with Gasteiger partial charge in [0.1, 0.15) is 13.1 Å². The first-order valence-corrected chi connectivity index (χ1v) is 15.8. The molecule has 0 amide bonds. The van der Waals surface area contributed by atoms with Crippen LogP contribution in [0.3, 0.4) is 0 Å². The molecule has 0 N–H and O–H groups in total. The highest BCUT2D eigenvalue weighted by atomic mass is 16.5. The molecule has 0 aromatic heterocycles. The highest BCUT2D eigenvalue weighted by Crippen LogP contribution is 2.42. The van der Waals surface area contributed by atoms with E-state index < -0.39 is 0 Å². The van der Waals surface area contributed by atoms with Gasteiger partial charge in [-0.2, -0.15) is 0 Å². The van der Waals surface area contributed by atoms with Crippen molar-refractivity contribution in [3.63, 3.8) is 0 Å². The third kappa shape index (κ3) is 6.80. The number of hydrogen-bond acceptors (Lipinski definition) is 2. The summed E-state index contributed by atoms with van der Waals surface area (Å²) in [6.45, 7) is 18.6. The third-order valence-corrected chi connectivity index (χ3v) is 10.5. The van der Waals surface area contributed by atoms with Gasteiger partial charge >= 0.3 is 0 Å². The minimum atomic E-state index is -0.353. The van der Waals surface area contributed by atoms with E-state index in [2.05, 4.69) is 132 Å². The first-order valence-electron chi connectivity index (χ1n) is 15.8. The summed E-state index contributed by atoms with van der Waals surface area (Å²) in [6, 6.07) is 18.9. The molecule has 2 saturated heterocycles. The number of hydroxylamine groups is 4. The summed E-state index contributed by atoms with van der Waals surface area (Å²) in [7, 11) is 9.26. The topological polar surface area (TPSA) is 46.3 Å². The molecule has 0 spiro atoms. The quantitative estimate of drug-likeness (QED) is 0.325. The van der Waals surface area contributed by atoms with Crippen molar-refractivity contribution >= 4 is 0 Å². The molecule has 0 unspecified atom stereocenters. The van der Waals surface area contributed by atoms with Crippen LogP contribution in [0.4, 0.5) is 0 Å². The minimum Gasteiger partial charge on any atom is -0.322 e. The number of hydrogen-bond donors (Lipinski definition) is 0. The molecule has 0 bridgehead atoms. The second-order valence-electron chi connectivity index (χ2n) is 17.2. The van der Waals surface area contributed by atoms with Crippen molar-refractivity contribution in [3.05, 3.63) is 59.7 Å². The van der Waals surface area contributed by atoms with Crippen molar-refractivity contribution in [2.24, 2.45) is 0 Å². The van der Waals surface area contributed by atoms with E-state index in [1.807, 2.05) is 0 Å². The van der Waals surface area contributed by atoms with Crippen LogP contribution in [0, 0.1) is 0 Å². The van der Waals surface area contributed by atoms with Crippen LogP contribution in [0.25, 0.3) is 11.1 Å². The molecule has 2 aromatic rings. The van der Waals surface area contributed by atoms with E-state index in [1.165, 1.54) is 32.4 Å². The molecule has 6 nitrogen and oxygen atoms in total. The molecule has 2 aliphatic heterocycles. The molecule has 0 atom stereocenters. The Morgan fingerprint density at radius 2 is 0.762 bits per heavy atom. The van der Waals surface area contributed by atoms with Crippen molar-refractivity contribution in [2.75, 3.05) is 28.2 Å². The number of benzene rings is 2. The van der Waals surface area contributed by atoms with E-state index in [0.29, 0.717) is 12.1 Å². The molecular formula is C36H58N4O2+2. The van der Waals surface area contributed by atoms with Gasteiger partial charge in [0.05, 0.1) is 40.3 Å². The van der Waals surface area contributed by atoms with Gasteiger partial charge in [-0.15, -0.1) is 20.5 Å². The Hall–Kier alpha value is -1.80. The van der Waals surface area contributed by atoms with E-state index in [0.717, 1.165) is 47.7 Å². The first kappa shape index (κ1) is 33.1. The standard InChI is InChI=1S/C36H58N4O2/c1-33(2)21-31(22-34(3,4)37(33)41)39(9,10)25-27-13-17-29(18-14-27)30-19-15-28(16-20-30)26-40(11,12)32-23-35(5,6)38(42)36(7,8)24-32/h13-20,31-32H,21-26H2,1-12H3/q+2. The minimum absolute atomic E-state index is 0.353. The van der Waals surface area contributed by atoms with E-state index in [4.69, 9.17) is 0 Å². The number of quaternary nitrogens is 2. The largest absolute Gasteiger partial charge is 0.322 e. The lowest BCUT2D eigenvalue weighted by Crippen LogP contribution is -2.65. The molecule has 2 aliphatic rings. The van der Waals surface area contributed by atoms with Gasteiger partial charge in [0.15, 0.2) is 0 Å². The summed E-state index contributed by atoms with van der Waals surface area (Å²) in [5, 5.41) is 28.4. The molecule has 0 saturated carbocycles. The van der Waals surface area contributed by atoms with Gasteiger partial charge in [-0.1, -0.05) is 48.5 Å². The molecule has 42 heavy (non-hydrogen) atoms. The van der Waals surface area contributed by atoms with Crippen LogP contribution in [0.1, 0.15) is 92.2 Å². The average Bonchev–Trinajstić information content (AvgIpc) is 2.85. The van der Waals surface area contributed by atoms with Gasteiger partial charge in [0.2, 0.25) is 0 Å². The van der Waals surface area contributed by atoms with Crippen LogP contribution in [0.2, 0.25) is 0 Å². The number of rotatable bonds is 7. The maximum atomic E-state index is 12.9. The summed E-state index contributed by atoms with van der Waals surface area (Å²) >= 11 is 0. The van der Waals surface area contributed by atoms with Crippen molar-refractivity contribution in [2.45, 2.75) is 128 Å². The Kier molecular flexibility index (Phi) is 8.65. The molecule has 2 radical (unpaired) electrons. The van der Waals surface area contributed by atoms with Crippen LogP contribution in [-0.4, -0.2) is 81.5 Å². The smallest absolute Gasteiger partial charge is 0.104 e. The Morgan fingerprint density at radius 3 is 1.00 bits per heavy atom. The molecule has 0 aliphatic carbocycles. The van der Waals surface area contributed by atoms with Gasteiger partial charge in [0.25, 0.3) is 0 Å². The van der Waals surface area contributed by atoms with Crippen LogP contribution in [0.15, 0.2) is 48.5 Å². The summed E-state index contributed by atoms with van der Waals surface area (Å²) in [4.78, 5) is 0. The highest BCUT2D eigenvalue weighted by Gasteiger charge is 2.52. The average molecular weight is 579 g/mol. The van der Waals surface area contributed by atoms with Crippen LogP contribution in [-0.2, 0) is 23.5 Å². The highest BCUT2D eigenvalue weighted by molar-refractivity contribution is 5.63. The first-order chi connectivity index (χ1) is 19.1. The van der Waals surface area contributed by atoms with Crippen LogP contribution >= 0.6 is 0 Å². The molecule has 2 fully saturated rings. The zero-order chi connectivity index (χ0) is 31.5. The monoisotopic (exact) mass is 578 g/mol. The van der Waals surface area contributed by atoms with E-state index in [1.54, 1.807) is 0 Å². The van der Waals surface area contributed by atoms with Gasteiger partial charge < -0.3 is 8.97 Å². The lowest BCUT2D eigenvalue weighted by molar-refractivity contribution is -0.931. The molecule has 232 valence electrons.